The van der Waals surface area contributed by atoms with Gasteiger partial charge in [0.15, 0.2) is 6.10 Å². The lowest BCUT2D eigenvalue weighted by Gasteiger charge is -2.30. The molecule has 8 nitrogen and oxygen atoms in total. The monoisotopic (exact) mass is 459 g/mol. The molecule has 8 heteroatoms. The van der Waals surface area contributed by atoms with Crippen molar-refractivity contribution in [1.29, 1.82) is 0 Å². The van der Waals surface area contributed by atoms with Crippen molar-refractivity contribution in [2.75, 3.05) is 6.54 Å². The van der Waals surface area contributed by atoms with Gasteiger partial charge in [-0.15, -0.1) is 4.91 Å². The number of nitrogens with zero attached hydrogens (tertiary/aromatic N) is 2. The van der Waals surface area contributed by atoms with Crippen LogP contribution >= 0.6 is 0 Å². The third-order valence-corrected chi connectivity index (χ3v) is 5.75. The van der Waals surface area contributed by atoms with Gasteiger partial charge >= 0.3 is 0 Å². The molecule has 2 atom stereocenters. The summed E-state index contributed by atoms with van der Waals surface area (Å²) in [6, 6.07) is 22.4. The average molecular weight is 460 g/mol. The number of fused-ring (bicyclic) bond motifs is 1. The largest absolute Gasteiger partial charge is 0.457 e. The van der Waals surface area contributed by atoms with E-state index >= 15 is 0 Å². The van der Waals surface area contributed by atoms with Crippen LogP contribution in [0.1, 0.15) is 16.7 Å². The van der Waals surface area contributed by atoms with Gasteiger partial charge in [-0.25, -0.2) is 0 Å². The lowest BCUT2D eigenvalue weighted by atomic mass is 9.98. The summed E-state index contributed by atoms with van der Waals surface area (Å²) >= 11 is 0. The Morgan fingerprint density at radius 2 is 1.59 bits per heavy atom. The average Bonchev–Trinajstić information content (AvgIpc) is 2.88. The van der Waals surface area contributed by atoms with Gasteiger partial charge in [0.2, 0.25) is 6.04 Å². The van der Waals surface area contributed by atoms with Crippen LogP contribution < -0.4 is 10.1 Å². The first-order chi connectivity index (χ1) is 16.5. The first kappa shape index (κ1) is 23.1. The molecule has 0 unspecified atom stereocenters. The van der Waals surface area contributed by atoms with Gasteiger partial charge in [-0.3, -0.25) is 9.59 Å². The van der Waals surface area contributed by atoms with Gasteiger partial charge in [0.25, 0.3) is 11.8 Å². The highest BCUT2D eigenvalue weighted by Crippen LogP contribution is 2.22. The fourth-order valence-corrected chi connectivity index (χ4v) is 3.85. The van der Waals surface area contributed by atoms with Gasteiger partial charge in [-0.1, -0.05) is 59.8 Å². The molecule has 1 aliphatic heterocycles. The van der Waals surface area contributed by atoms with Crippen molar-refractivity contribution in [2.45, 2.75) is 31.7 Å². The summed E-state index contributed by atoms with van der Waals surface area (Å²) in [6.45, 7) is 0.818. The number of nitrogens with one attached hydrogen (secondary N) is 1. The lowest BCUT2D eigenvalue weighted by Crippen LogP contribution is -2.50. The molecule has 1 aliphatic rings. The summed E-state index contributed by atoms with van der Waals surface area (Å²) < 4.78 is 5.73. The summed E-state index contributed by atoms with van der Waals surface area (Å²) in [5.41, 5.74) is 2.88. The van der Waals surface area contributed by atoms with Crippen molar-refractivity contribution in [2.24, 2.45) is 5.18 Å². The Kier molecular flexibility index (Phi) is 7.29. The Hall–Kier alpha value is -4.04. The van der Waals surface area contributed by atoms with Crippen LogP contribution in [0.25, 0.3) is 0 Å². The van der Waals surface area contributed by atoms with Crippen molar-refractivity contribution in [1.82, 2.24) is 10.2 Å². The number of para-hydroxylation sites is 1. The topological polar surface area (TPSA) is 108 Å². The summed E-state index contributed by atoms with van der Waals surface area (Å²) in [7, 11) is 0. The molecule has 1 heterocycles. The van der Waals surface area contributed by atoms with E-state index in [-0.39, 0.29) is 6.54 Å². The molecule has 2 N–H and O–H groups in total. The molecular formula is C26H25N3O5. The third kappa shape index (κ3) is 5.47. The Morgan fingerprint density at radius 3 is 2.29 bits per heavy atom. The number of rotatable bonds is 8. The van der Waals surface area contributed by atoms with Crippen molar-refractivity contribution in [3.05, 3.63) is 100 Å². The minimum atomic E-state index is -1.87. The van der Waals surface area contributed by atoms with Crippen molar-refractivity contribution >= 4 is 11.8 Å². The zero-order valence-electron chi connectivity index (χ0n) is 18.5. The van der Waals surface area contributed by atoms with E-state index in [1.165, 1.54) is 4.90 Å². The van der Waals surface area contributed by atoms with E-state index in [2.05, 4.69) is 10.5 Å². The maximum absolute atomic E-state index is 12.8. The molecule has 3 aromatic carbocycles. The van der Waals surface area contributed by atoms with E-state index in [1.54, 1.807) is 24.3 Å². The number of hydrogen-bond donors (Lipinski definition) is 2. The van der Waals surface area contributed by atoms with Gasteiger partial charge in [-0.2, -0.15) is 0 Å². The molecule has 0 aromatic heterocycles. The Morgan fingerprint density at radius 1 is 0.941 bits per heavy atom. The van der Waals surface area contributed by atoms with Crippen LogP contribution in [0.15, 0.2) is 84.0 Å². The number of carbonyl (C=O) groups is 2. The second-order valence-corrected chi connectivity index (χ2v) is 8.05. The maximum Gasteiger partial charge on any atom is 0.254 e. The second-order valence-electron chi connectivity index (χ2n) is 8.05. The summed E-state index contributed by atoms with van der Waals surface area (Å²) in [6.07, 6.45) is -1.23. The highest BCUT2D eigenvalue weighted by atomic mass is 16.5. The molecule has 2 amide bonds. The summed E-state index contributed by atoms with van der Waals surface area (Å²) in [4.78, 5) is 38.1. The molecule has 0 saturated heterocycles. The quantitative estimate of drug-likeness (QED) is 0.503. The molecule has 4 rings (SSSR count). The van der Waals surface area contributed by atoms with Gasteiger partial charge in [0.1, 0.15) is 11.5 Å². The zero-order chi connectivity index (χ0) is 23.9. The van der Waals surface area contributed by atoms with E-state index in [0.29, 0.717) is 31.0 Å². The number of ether oxygens (including phenoxy) is 1. The number of nitroso groups, excluding NO2 is 1. The second kappa shape index (κ2) is 10.7. The number of hydrogen-bond acceptors (Lipinski definition) is 6. The molecule has 0 spiro atoms. The number of amides is 2. The Balaban J connectivity index is 1.31. The predicted molar refractivity (Wildman–Crippen MR) is 126 cm³/mol. The molecule has 0 bridgehead atoms. The fraction of sp³-hybridized carbons (Fsp3) is 0.231. The van der Waals surface area contributed by atoms with E-state index in [1.807, 2.05) is 54.6 Å². The number of aliphatic hydroxyl groups excluding tert-OH is 1. The lowest BCUT2D eigenvalue weighted by molar-refractivity contribution is -0.142. The van der Waals surface area contributed by atoms with Crippen LogP contribution in [0.4, 0.5) is 0 Å². The van der Waals surface area contributed by atoms with Gasteiger partial charge in [0, 0.05) is 19.6 Å². The normalized spacial score (nSPS) is 14.4. The molecule has 174 valence electrons. The van der Waals surface area contributed by atoms with E-state index in [9.17, 15) is 19.6 Å². The van der Waals surface area contributed by atoms with Crippen molar-refractivity contribution in [3.8, 4) is 11.5 Å². The molecule has 0 aliphatic carbocycles. The predicted octanol–water partition coefficient (Wildman–Crippen LogP) is 3.18. The van der Waals surface area contributed by atoms with E-state index in [4.69, 9.17) is 4.74 Å². The van der Waals surface area contributed by atoms with Crippen LogP contribution in [0.5, 0.6) is 11.5 Å². The minimum absolute atomic E-state index is 0.109. The molecule has 0 fully saturated rings. The van der Waals surface area contributed by atoms with Crippen LogP contribution in [0, 0.1) is 4.91 Å². The smallest absolute Gasteiger partial charge is 0.254 e. The van der Waals surface area contributed by atoms with Crippen LogP contribution in [-0.2, 0) is 29.1 Å². The van der Waals surface area contributed by atoms with Crippen LogP contribution in [0.2, 0.25) is 0 Å². The van der Waals surface area contributed by atoms with Crippen LogP contribution in [-0.4, -0.2) is 40.5 Å². The first-order valence-corrected chi connectivity index (χ1v) is 11.0. The van der Waals surface area contributed by atoms with Crippen molar-refractivity contribution in [3.63, 3.8) is 0 Å². The van der Waals surface area contributed by atoms with Gasteiger partial charge in [-0.05, 0) is 47.4 Å². The molecule has 0 radical (unpaired) electrons. The molecular weight excluding hydrogens is 434 g/mol. The number of aliphatic hydroxyl groups is 1. The van der Waals surface area contributed by atoms with E-state index in [0.717, 1.165) is 16.7 Å². The molecule has 3 aromatic rings. The highest BCUT2D eigenvalue weighted by molar-refractivity contribution is 5.91. The Labute approximate surface area is 197 Å². The third-order valence-electron chi connectivity index (χ3n) is 5.75. The number of carbonyl (C=O) groups excluding carboxylic acids is 2. The zero-order valence-corrected chi connectivity index (χ0v) is 18.5. The Bertz CT molecular complexity index is 1150. The van der Waals surface area contributed by atoms with Crippen molar-refractivity contribution < 1.29 is 19.4 Å². The van der Waals surface area contributed by atoms with Crippen LogP contribution in [0.3, 0.4) is 0 Å². The molecule has 0 saturated carbocycles. The minimum Gasteiger partial charge on any atom is -0.457 e. The summed E-state index contributed by atoms with van der Waals surface area (Å²) in [5.74, 6) is -0.143. The first-order valence-electron chi connectivity index (χ1n) is 11.0. The fourth-order valence-electron chi connectivity index (χ4n) is 3.85. The molecule has 34 heavy (non-hydrogen) atoms. The highest BCUT2D eigenvalue weighted by Gasteiger charge is 2.37. The SMILES string of the molecule is O=N[C@@H](C(=O)N1CCc2ccccc2C1)[C@@H](O)C(=O)NCc1ccc(Oc2ccccc2)cc1. The number of benzene rings is 3. The van der Waals surface area contributed by atoms with E-state index < -0.39 is 24.0 Å². The standard InChI is InChI=1S/C26H25N3O5/c30-24(23(28-33)26(32)29-15-14-19-6-4-5-7-20(19)17-29)25(31)27-16-18-10-12-22(13-11-18)34-21-8-2-1-3-9-21/h1-13,23-24,30H,14-17H2,(H,27,31)/t23-,24-/m1/s1. The van der Waals surface area contributed by atoms with Gasteiger partial charge in [0.05, 0.1) is 0 Å². The van der Waals surface area contributed by atoms with Gasteiger partial charge < -0.3 is 20.1 Å². The maximum atomic E-state index is 12.8. The summed E-state index contributed by atoms with van der Waals surface area (Å²) in [5, 5.41) is 15.7.